The average Bonchev–Trinajstić information content (AvgIpc) is 2.86. The van der Waals surface area contributed by atoms with Crippen molar-refractivity contribution < 1.29 is 9.90 Å². The molecule has 0 radical (unpaired) electrons. The summed E-state index contributed by atoms with van der Waals surface area (Å²) in [5.74, 6) is 0.476. The molecule has 0 aliphatic heterocycles. The first kappa shape index (κ1) is 27.1. The summed E-state index contributed by atoms with van der Waals surface area (Å²) in [7, 11) is 0. The van der Waals surface area contributed by atoms with Gasteiger partial charge in [-0.25, -0.2) is 0 Å². The van der Waals surface area contributed by atoms with Gasteiger partial charge in [0.05, 0.1) is 5.41 Å². The summed E-state index contributed by atoms with van der Waals surface area (Å²) in [5.41, 5.74) is 0.155. The van der Waals surface area contributed by atoms with Crippen LogP contribution in [-0.2, 0) is 4.79 Å². The van der Waals surface area contributed by atoms with Crippen molar-refractivity contribution in [2.45, 2.75) is 168 Å². The Morgan fingerprint density at radius 1 is 0.667 bits per heavy atom. The van der Waals surface area contributed by atoms with Crippen LogP contribution in [0.5, 0.6) is 0 Å². The second-order valence-corrected chi connectivity index (χ2v) is 12.5. The molecule has 3 rings (SSSR count). The fourth-order valence-electron chi connectivity index (χ4n) is 8.69. The molecule has 0 heterocycles. The predicted molar refractivity (Wildman–Crippen MR) is 141 cm³/mol. The maximum atomic E-state index is 13.0. The zero-order valence-electron chi connectivity index (χ0n) is 22.4. The fourth-order valence-corrected chi connectivity index (χ4v) is 8.69. The van der Waals surface area contributed by atoms with Gasteiger partial charge in [-0.2, -0.15) is 0 Å². The number of carboxylic acid groups (broad SMARTS) is 1. The molecule has 0 amide bonds. The zero-order chi connectivity index (χ0) is 23.6. The van der Waals surface area contributed by atoms with Gasteiger partial charge in [0.15, 0.2) is 0 Å². The molecule has 0 aromatic rings. The lowest BCUT2D eigenvalue weighted by molar-refractivity contribution is -0.171. The molecule has 33 heavy (non-hydrogen) atoms. The molecule has 0 saturated heterocycles. The molecule has 0 aromatic heterocycles. The fraction of sp³-hybridized carbons (Fsp3) is 0.968. The highest BCUT2D eigenvalue weighted by atomic mass is 16.4. The first-order valence-corrected chi connectivity index (χ1v) is 15.3. The van der Waals surface area contributed by atoms with E-state index in [4.69, 9.17) is 0 Å². The summed E-state index contributed by atoms with van der Waals surface area (Å²) in [6.45, 7) is 4.60. The molecule has 3 fully saturated rings. The Morgan fingerprint density at radius 3 is 1.76 bits per heavy atom. The molecule has 3 saturated carbocycles. The van der Waals surface area contributed by atoms with Gasteiger partial charge in [0.25, 0.3) is 0 Å². The Hall–Kier alpha value is -0.530. The third kappa shape index (κ3) is 6.19. The topological polar surface area (TPSA) is 37.3 Å². The minimum Gasteiger partial charge on any atom is -0.481 e. The van der Waals surface area contributed by atoms with Crippen molar-refractivity contribution in [2.75, 3.05) is 0 Å². The molecule has 0 unspecified atom stereocenters. The van der Waals surface area contributed by atoms with Crippen molar-refractivity contribution in [3.63, 3.8) is 0 Å². The molecule has 3 aliphatic carbocycles. The van der Waals surface area contributed by atoms with Crippen LogP contribution in [0, 0.1) is 22.2 Å². The van der Waals surface area contributed by atoms with E-state index >= 15 is 0 Å². The van der Waals surface area contributed by atoms with E-state index in [-0.39, 0.29) is 5.41 Å². The third-order valence-corrected chi connectivity index (χ3v) is 10.8. The monoisotopic (exact) mass is 460 g/mol. The van der Waals surface area contributed by atoms with Crippen molar-refractivity contribution in [1.82, 2.24) is 0 Å². The van der Waals surface area contributed by atoms with Crippen LogP contribution in [0.15, 0.2) is 0 Å². The molecule has 0 bridgehead atoms. The van der Waals surface area contributed by atoms with Crippen molar-refractivity contribution in [2.24, 2.45) is 22.2 Å². The Kier molecular flexibility index (Phi) is 10.6. The van der Waals surface area contributed by atoms with Crippen molar-refractivity contribution >= 4 is 5.97 Å². The Morgan fingerprint density at radius 2 is 1.21 bits per heavy atom. The number of carbonyl (C=O) groups is 1. The molecule has 0 atom stereocenters. The summed E-state index contributed by atoms with van der Waals surface area (Å²) in [6.07, 6.45) is 30.8. The van der Waals surface area contributed by atoms with E-state index < -0.39 is 11.4 Å². The van der Waals surface area contributed by atoms with Gasteiger partial charge < -0.3 is 5.11 Å². The van der Waals surface area contributed by atoms with Crippen LogP contribution in [0.1, 0.15) is 168 Å². The number of hydrogen-bond acceptors (Lipinski definition) is 1. The highest BCUT2D eigenvalue weighted by Gasteiger charge is 2.59. The molecule has 1 N–H and O–H groups in total. The predicted octanol–water partition coefficient (Wildman–Crippen LogP) is 10.1. The summed E-state index contributed by atoms with van der Waals surface area (Å²) in [4.78, 5) is 13.0. The van der Waals surface area contributed by atoms with Crippen LogP contribution in [0.25, 0.3) is 0 Å². The molecule has 2 nitrogen and oxygen atoms in total. The lowest BCUT2D eigenvalue weighted by Gasteiger charge is -2.58. The molecular weight excluding hydrogens is 404 g/mol. The van der Waals surface area contributed by atoms with Crippen molar-refractivity contribution in [3.8, 4) is 0 Å². The summed E-state index contributed by atoms with van der Waals surface area (Å²) in [6, 6.07) is 0. The quantitative estimate of drug-likeness (QED) is 0.277. The van der Waals surface area contributed by atoms with Gasteiger partial charge in [-0.3, -0.25) is 4.79 Å². The molecule has 3 aliphatic rings. The molecule has 2 heteroatoms. The van der Waals surface area contributed by atoms with Crippen LogP contribution >= 0.6 is 0 Å². The molecule has 0 spiro atoms. The first-order valence-electron chi connectivity index (χ1n) is 15.3. The van der Waals surface area contributed by atoms with Crippen LogP contribution in [0.4, 0.5) is 0 Å². The maximum absolute atomic E-state index is 13.0. The average molecular weight is 461 g/mol. The Labute approximate surface area is 206 Å². The normalized spacial score (nSPS) is 30.8. The number of carboxylic acids is 1. The zero-order valence-corrected chi connectivity index (χ0v) is 22.4. The van der Waals surface area contributed by atoms with E-state index in [1.807, 2.05) is 0 Å². The van der Waals surface area contributed by atoms with Gasteiger partial charge in [-0.15, -0.1) is 0 Å². The summed E-state index contributed by atoms with van der Waals surface area (Å²) < 4.78 is 0. The molecular formula is C31H56O2. The maximum Gasteiger partial charge on any atom is 0.310 e. The van der Waals surface area contributed by atoms with Crippen molar-refractivity contribution in [3.05, 3.63) is 0 Å². The summed E-state index contributed by atoms with van der Waals surface area (Å²) >= 11 is 0. The highest BCUT2D eigenvalue weighted by Crippen LogP contribution is 2.64. The van der Waals surface area contributed by atoms with E-state index in [0.29, 0.717) is 5.41 Å². The van der Waals surface area contributed by atoms with Crippen LogP contribution in [-0.4, -0.2) is 11.1 Å². The van der Waals surface area contributed by atoms with Gasteiger partial charge in [0.1, 0.15) is 0 Å². The van der Waals surface area contributed by atoms with Crippen molar-refractivity contribution in [1.29, 1.82) is 0 Å². The second kappa shape index (κ2) is 13.0. The largest absolute Gasteiger partial charge is 0.481 e. The number of hydrogen-bond donors (Lipinski definition) is 1. The smallest absolute Gasteiger partial charge is 0.310 e. The first-order chi connectivity index (χ1) is 16.0. The van der Waals surface area contributed by atoms with E-state index in [2.05, 4.69) is 13.8 Å². The SMILES string of the molecule is CCCCCCC1(C2CCCCC2)CCC(CCCCCC)(C2(C(=O)O)CCCCC2)CC1. The van der Waals surface area contributed by atoms with Crippen LogP contribution in [0.2, 0.25) is 0 Å². The van der Waals surface area contributed by atoms with Gasteiger partial charge in [-0.1, -0.05) is 104 Å². The highest BCUT2D eigenvalue weighted by molar-refractivity contribution is 5.76. The van der Waals surface area contributed by atoms with Crippen LogP contribution < -0.4 is 0 Å². The van der Waals surface area contributed by atoms with E-state index in [1.54, 1.807) is 0 Å². The lowest BCUT2D eigenvalue weighted by atomic mass is 9.46. The standard InChI is InChI=1S/C31H56O2/c1-3-5-7-13-19-29(27-17-11-9-12-18-27)23-25-30(26-24-29,20-14-8-6-4-2)31(28(32)33)21-15-10-16-22-31/h27H,3-26H2,1-2H3,(H,32,33). The number of unbranched alkanes of at least 4 members (excludes halogenated alkanes) is 6. The molecule has 0 aromatic carbocycles. The van der Waals surface area contributed by atoms with Gasteiger partial charge in [0, 0.05) is 0 Å². The molecule has 192 valence electrons. The number of rotatable bonds is 13. The Balaban J connectivity index is 1.81. The van der Waals surface area contributed by atoms with Gasteiger partial charge in [0.2, 0.25) is 0 Å². The number of aliphatic carboxylic acids is 1. The second-order valence-electron chi connectivity index (χ2n) is 12.5. The third-order valence-electron chi connectivity index (χ3n) is 10.8. The summed E-state index contributed by atoms with van der Waals surface area (Å²) in [5, 5.41) is 10.7. The van der Waals surface area contributed by atoms with E-state index in [9.17, 15) is 9.90 Å². The Bertz CT molecular complexity index is 559. The van der Waals surface area contributed by atoms with E-state index in [0.717, 1.165) is 31.6 Å². The van der Waals surface area contributed by atoms with Gasteiger partial charge >= 0.3 is 5.97 Å². The van der Waals surface area contributed by atoms with Gasteiger partial charge in [-0.05, 0) is 81.0 Å². The van der Waals surface area contributed by atoms with E-state index in [1.165, 1.54) is 128 Å². The lowest BCUT2D eigenvalue weighted by Crippen LogP contribution is -2.53. The van der Waals surface area contributed by atoms with Crippen LogP contribution in [0.3, 0.4) is 0 Å². The minimum absolute atomic E-state index is 0.0641. The minimum atomic E-state index is -0.439.